The smallest absolute Gasteiger partial charge is 0.329 e. The SMILES string of the molecule is O=C(O)COCCCCOCCCCOCCCCOCC(=O)O. The summed E-state index contributed by atoms with van der Waals surface area (Å²) in [4.78, 5) is 20.4. The van der Waals surface area contributed by atoms with Gasteiger partial charge in [-0.2, -0.15) is 0 Å². The van der Waals surface area contributed by atoms with Gasteiger partial charge in [0.25, 0.3) is 0 Å². The lowest BCUT2D eigenvalue weighted by Crippen LogP contribution is -2.08. The summed E-state index contributed by atoms with van der Waals surface area (Å²) in [6.45, 7) is 3.13. The van der Waals surface area contributed by atoms with Crippen molar-refractivity contribution in [2.24, 2.45) is 0 Å². The molecule has 0 spiro atoms. The topological polar surface area (TPSA) is 112 Å². The number of carboxylic acids is 2. The average molecular weight is 350 g/mol. The molecule has 0 atom stereocenters. The van der Waals surface area contributed by atoms with Crippen molar-refractivity contribution in [1.29, 1.82) is 0 Å². The fourth-order valence-corrected chi connectivity index (χ4v) is 1.75. The Balaban J connectivity index is 3.00. The van der Waals surface area contributed by atoms with Crippen molar-refractivity contribution in [3.63, 3.8) is 0 Å². The van der Waals surface area contributed by atoms with Gasteiger partial charge in [0.05, 0.1) is 0 Å². The zero-order valence-corrected chi connectivity index (χ0v) is 14.2. The zero-order valence-electron chi connectivity index (χ0n) is 14.2. The van der Waals surface area contributed by atoms with E-state index in [9.17, 15) is 9.59 Å². The van der Waals surface area contributed by atoms with Crippen molar-refractivity contribution in [3.8, 4) is 0 Å². The van der Waals surface area contributed by atoms with E-state index in [1.807, 2.05) is 0 Å². The van der Waals surface area contributed by atoms with Crippen LogP contribution in [0.1, 0.15) is 38.5 Å². The lowest BCUT2D eigenvalue weighted by atomic mass is 10.3. The number of carboxylic acid groups (broad SMARTS) is 2. The highest BCUT2D eigenvalue weighted by Gasteiger charge is 1.97. The van der Waals surface area contributed by atoms with Crippen molar-refractivity contribution >= 4 is 11.9 Å². The number of ether oxygens (including phenoxy) is 4. The Morgan fingerprint density at radius 1 is 0.500 bits per heavy atom. The Morgan fingerprint density at radius 3 is 1.00 bits per heavy atom. The summed E-state index contributed by atoms with van der Waals surface area (Å²) in [7, 11) is 0. The van der Waals surface area contributed by atoms with Crippen LogP contribution in [0.15, 0.2) is 0 Å². The fourth-order valence-electron chi connectivity index (χ4n) is 1.75. The second kappa shape index (κ2) is 18.1. The molecule has 0 amide bonds. The molecule has 24 heavy (non-hydrogen) atoms. The van der Waals surface area contributed by atoms with Gasteiger partial charge in [0, 0.05) is 39.6 Å². The average Bonchev–Trinajstić information content (AvgIpc) is 2.53. The predicted molar refractivity (Wildman–Crippen MR) is 86.2 cm³/mol. The second-order valence-corrected chi connectivity index (χ2v) is 5.24. The van der Waals surface area contributed by atoms with Gasteiger partial charge in [0.1, 0.15) is 13.2 Å². The largest absolute Gasteiger partial charge is 0.480 e. The minimum atomic E-state index is -0.944. The van der Waals surface area contributed by atoms with Gasteiger partial charge in [-0.25, -0.2) is 9.59 Å². The molecule has 142 valence electrons. The lowest BCUT2D eigenvalue weighted by molar-refractivity contribution is -0.143. The maximum absolute atomic E-state index is 10.2. The van der Waals surface area contributed by atoms with Crippen molar-refractivity contribution in [3.05, 3.63) is 0 Å². The Labute approximate surface area is 143 Å². The fraction of sp³-hybridized carbons (Fsp3) is 0.875. The Hall–Kier alpha value is -1.22. The van der Waals surface area contributed by atoms with Gasteiger partial charge in [-0.05, 0) is 38.5 Å². The zero-order chi connectivity index (χ0) is 17.9. The van der Waals surface area contributed by atoms with Gasteiger partial charge in [-0.3, -0.25) is 0 Å². The van der Waals surface area contributed by atoms with Gasteiger partial charge < -0.3 is 29.2 Å². The summed E-state index contributed by atoms with van der Waals surface area (Å²) in [5.41, 5.74) is 0. The van der Waals surface area contributed by atoms with Gasteiger partial charge >= 0.3 is 11.9 Å². The highest BCUT2D eigenvalue weighted by molar-refractivity contribution is 5.68. The van der Waals surface area contributed by atoms with E-state index >= 15 is 0 Å². The summed E-state index contributed by atoms with van der Waals surface area (Å²) >= 11 is 0. The number of hydrogen-bond donors (Lipinski definition) is 2. The highest BCUT2D eigenvalue weighted by atomic mass is 16.5. The number of unbranched alkanes of at least 4 members (excludes halogenated alkanes) is 3. The van der Waals surface area contributed by atoms with Gasteiger partial charge in [0.15, 0.2) is 0 Å². The van der Waals surface area contributed by atoms with Crippen LogP contribution in [0.25, 0.3) is 0 Å². The van der Waals surface area contributed by atoms with Gasteiger partial charge in [-0.15, -0.1) is 0 Å². The molecule has 0 fully saturated rings. The lowest BCUT2D eigenvalue weighted by Gasteiger charge is -2.06. The van der Waals surface area contributed by atoms with E-state index in [0.717, 1.165) is 38.5 Å². The minimum absolute atomic E-state index is 0.240. The molecule has 0 rings (SSSR count). The van der Waals surface area contributed by atoms with Gasteiger partial charge in [0.2, 0.25) is 0 Å². The van der Waals surface area contributed by atoms with Crippen molar-refractivity contribution in [2.45, 2.75) is 38.5 Å². The normalized spacial score (nSPS) is 10.8. The van der Waals surface area contributed by atoms with Crippen LogP contribution in [0, 0.1) is 0 Å². The molecule has 8 heteroatoms. The van der Waals surface area contributed by atoms with Crippen LogP contribution in [-0.2, 0) is 28.5 Å². The van der Waals surface area contributed by atoms with Crippen LogP contribution >= 0.6 is 0 Å². The first-order chi connectivity index (χ1) is 11.6. The van der Waals surface area contributed by atoms with E-state index in [0.29, 0.717) is 39.6 Å². The third-order valence-corrected chi connectivity index (χ3v) is 2.93. The summed E-state index contributed by atoms with van der Waals surface area (Å²) in [5.74, 6) is -1.89. The molecule has 2 N–H and O–H groups in total. The summed E-state index contributed by atoms with van der Waals surface area (Å²) in [6, 6.07) is 0. The first-order valence-corrected chi connectivity index (χ1v) is 8.37. The highest BCUT2D eigenvalue weighted by Crippen LogP contribution is 1.97. The first kappa shape index (κ1) is 22.8. The quantitative estimate of drug-likeness (QED) is 0.338. The molecule has 0 heterocycles. The summed E-state index contributed by atoms with van der Waals surface area (Å²) in [6.07, 6.45) is 5.20. The van der Waals surface area contributed by atoms with E-state index < -0.39 is 11.9 Å². The number of aliphatic carboxylic acids is 2. The van der Waals surface area contributed by atoms with Crippen LogP contribution in [0.4, 0.5) is 0 Å². The molecule has 0 aliphatic rings. The van der Waals surface area contributed by atoms with Crippen LogP contribution in [-0.4, -0.2) is 75.0 Å². The molecule has 0 saturated carbocycles. The molecule has 0 unspecified atom stereocenters. The van der Waals surface area contributed by atoms with E-state index in [2.05, 4.69) is 0 Å². The maximum atomic E-state index is 10.2. The third kappa shape index (κ3) is 20.8. The van der Waals surface area contributed by atoms with E-state index in [1.54, 1.807) is 0 Å². The van der Waals surface area contributed by atoms with Crippen LogP contribution in [0.2, 0.25) is 0 Å². The molecule has 0 bridgehead atoms. The Kier molecular flexibility index (Phi) is 17.2. The molecule has 0 aromatic heterocycles. The molecule has 0 aromatic carbocycles. The molecule has 0 aliphatic carbocycles. The molecular weight excluding hydrogens is 320 g/mol. The minimum Gasteiger partial charge on any atom is -0.480 e. The number of carbonyl (C=O) groups is 2. The molecule has 0 aromatic rings. The van der Waals surface area contributed by atoms with E-state index in [4.69, 9.17) is 29.2 Å². The first-order valence-electron chi connectivity index (χ1n) is 8.37. The number of hydrogen-bond acceptors (Lipinski definition) is 6. The third-order valence-electron chi connectivity index (χ3n) is 2.93. The Bertz CT molecular complexity index is 278. The van der Waals surface area contributed by atoms with E-state index in [1.165, 1.54) is 0 Å². The van der Waals surface area contributed by atoms with Crippen LogP contribution < -0.4 is 0 Å². The van der Waals surface area contributed by atoms with Crippen molar-refractivity contribution in [1.82, 2.24) is 0 Å². The maximum Gasteiger partial charge on any atom is 0.329 e. The molecule has 8 nitrogen and oxygen atoms in total. The molecular formula is C16H30O8. The van der Waals surface area contributed by atoms with Crippen LogP contribution in [0.5, 0.6) is 0 Å². The second-order valence-electron chi connectivity index (χ2n) is 5.24. The van der Waals surface area contributed by atoms with E-state index in [-0.39, 0.29) is 13.2 Å². The molecule has 0 saturated heterocycles. The standard InChI is InChI=1S/C16H30O8/c17-15(18)13-23-11-5-3-9-21-7-1-2-8-22-10-4-6-12-24-14-16(19)20/h1-14H2,(H,17,18)(H,19,20). The van der Waals surface area contributed by atoms with Crippen LogP contribution in [0.3, 0.4) is 0 Å². The van der Waals surface area contributed by atoms with Crippen molar-refractivity contribution < 1.29 is 38.7 Å². The van der Waals surface area contributed by atoms with Crippen molar-refractivity contribution in [2.75, 3.05) is 52.9 Å². The number of rotatable bonds is 19. The monoisotopic (exact) mass is 350 g/mol. The molecule has 0 aliphatic heterocycles. The molecule has 0 radical (unpaired) electrons. The van der Waals surface area contributed by atoms with Gasteiger partial charge in [-0.1, -0.05) is 0 Å². The summed E-state index contributed by atoms with van der Waals surface area (Å²) < 4.78 is 20.7. The Morgan fingerprint density at radius 2 is 0.750 bits per heavy atom. The summed E-state index contributed by atoms with van der Waals surface area (Å²) in [5, 5.41) is 16.7. The predicted octanol–water partition coefficient (Wildman–Crippen LogP) is 1.56.